The molecule has 0 spiro atoms. The van der Waals surface area contributed by atoms with E-state index >= 15 is 0 Å². The lowest BCUT2D eigenvalue weighted by Crippen LogP contribution is -2.49. The van der Waals surface area contributed by atoms with Gasteiger partial charge in [-0.15, -0.1) is 0 Å². The van der Waals surface area contributed by atoms with Crippen LogP contribution in [0.2, 0.25) is 0 Å². The first kappa shape index (κ1) is 26.0. The normalized spacial score (nSPS) is 21.1. The second-order valence-electron chi connectivity index (χ2n) is 9.75. The second-order valence-corrected chi connectivity index (χ2v) is 12.4. The van der Waals surface area contributed by atoms with Crippen LogP contribution in [0.25, 0.3) is 0 Å². The molecule has 0 bridgehead atoms. The zero-order valence-electron chi connectivity index (χ0n) is 20.7. The number of unbranched alkanes of at least 4 members (excludes halogenated alkanes) is 2. The third kappa shape index (κ3) is 5.09. The lowest BCUT2D eigenvalue weighted by atomic mass is 10.0. The van der Waals surface area contributed by atoms with E-state index in [1.807, 2.05) is 24.8 Å². The highest BCUT2D eigenvalue weighted by atomic mass is 32.2. The van der Waals surface area contributed by atoms with Crippen LogP contribution in [0.1, 0.15) is 56.0 Å². The van der Waals surface area contributed by atoms with Crippen LogP contribution in [-0.4, -0.2) is 90.1 Å². The number of nitrogens with zero attached hydrogens (tertiary/aromatic N) is 4. The average molecular weight is 523 g/mol. The number of fused-ring (bicyclic) bond motifs is 1. The van der Waals surface area contributed by atoms with Crippen molar-refractivity contribution in [2.24, 2.45) is 0 Å². The topological polar surface area (TPSA) is 90.5 Å². The number of cyclic esters (lactones) is 1. The van der Waals surface area contributed by atoms with Crippen molar-refractivity contribution in [1.82, 2.24) is 14.1 Å². The summed E-state index contributed by atoms with van der Waals surface area (Å²) in [5.74, 6) is -0.258. The fraction of sp³-hybridized carbons (Fsp3) is 0.625. The van der Waals surface area contributed by atoms with E-state index < -0.39 is 15.6 Å². The molecule has 4 rings (SSSR count). The van der Waals surface area contributed by atoms with E-state index in [4.69, 9.17) is 17.0 Å². The summed E-state index contributed by atoms with van der Waals surface area (Å²) in [6, 6.07) is 5.26. The van der Waals surface area contributed by atoms with Gasteiger partial charge in [0.2, 0.25) is 10.0 Å². The van der Waals surface area contributed by atoms with E-state index in [0.717, 1.165) is 44.5 Å². The van der Waals surface area contributed by atoms with Crippen molar-refractivity contribution in [2.45, 2.75) is 52.2 Å². The van der Waals surface area contributed by atoms with Gasteiger partial charge in [-0.1, -0.05) is 6.42 Å². The molecule has 0 atom stereocenters. The number of rotatable bonds is 9. The molecule has 3 aliphatic heterocycles. The summed E-state index contributed by atoms with van der Waals surface area (Å²) >= 11 is 5.72. The van der Waals surface area contributed by atoms with Gasteiger partial charge in [0.15, 0.2) is 5.11 Å². The van der Waals surface area contributed by atoms with Gasteiger partial charge in [0, 0.05) is 38.3 Å². The Labute approximate surface area is 213 Å². The fourth-order valence-electron chi connectivity index (χ4n) is 4.89. The van der Waals surface area contributed by atoms with Crippen molar-refractivity contribution in [2.75, 3.05) is 49.9 Å². The number of sulfonamides is 1. The van der Waals surface area contributed by atoms with E-state index in [1.165, 1.54) is 0 Å². The molecule has 0 aliphatic carbocycles. The number of hydrogen-bond acceptors (Lipinski definition) is 7. The number of ether oxygens (including phenoxy) is 1. The third-order valence-corrected chi connectivity index (χ3v) is 9.48. The average Bonchev–Trinajstić information content (AvgIpc) is 3.28. The van der Waals surface area contributed by atoms with E-state index in [0.29, 0.717) is 36.0 Å². The van der Waals surface area contributed by atoms with E-state index in [-0.39, 0.29) is 24.2 Å². The largest absolute Gasteiger partial charge is 0.457 e. The minimum atomic E-state index is -3.10. The first-order chi connectivity index (χ1) is 16.6. The number of thiocarbonyl (C=S) groups is 1. The van der Waals surface area contributed by atoms with Crippen LogP contribution in [0.3, 0.4) is 0 Å². The van der Waals surface area contributed by atoms with Crippen molar-refractivity contribution in [3.05, 3.63) is 29.3 Å². The Bertz CT molecular complexity index is 1110. The van der Waals surface area contributed by atoms with Gasteiger partial charge >= 0.3 is 5.97 Å². The molecule has 1 aromatic rings. The quantitative estimate of drug-likeness (QED) is 0.277. The van der Waals surface area contributed by atoms with Gasteiger partial charge in [-0.25, -0.2) is 13.2 Å². The summed E-state index contributed by atoms with van der Waals surface area (Å²) < 4.78 is 30.7. The molecule has 192 valence electrons. The Kier molecular flexibility index (Phi) is 7.51. The molecule has 0 aromatic heterocycles. The number of amides is 1. The summed E-state index contributed by atoms with van der Waals surface area (Å²) in [5.41, 5.74) is 1.23. The molecule has 0 N–H and O–H groups in total. The predicted octanol–water partition coefficient (Wildman–Crippen LogP) is 2.21. The molecule has 3 aliphatic rings. The van der Waals surface area contributed by atoms with Crippen LogP contribution in [0.4, 0.5) is 5.69 Å². The van der Waals surface area contributed by atoms with Crippen molar-refractivity contribution >= 4 is 44.9 Å². The molecular formula is C24H34N4O5S2. The van der Waals surface area contributed by atoms with Gasteiger partial charge in [0.05, 0.1) is 17.0 Å². The number of carbonyl (C=O) groups excluding carboxylic acids is 2. The number of esters is 1. The van der Waals surface area contributed by atoms with Crippen LogP contribution < -0.4 is 4.90 Å². The third-order valence-electron chi connectivity index (χ3n) is 7.19. The Morgan fingerprint density at radius 2 is 1.71 bits per heavy atom. The van der Waals surface area contributed by atoms with Crippen LogP contribution in [-0.2, 0) is 26.2 Å². The van der Waals surface area contributed by atoms with Gasteiger partial charge in [0.1, 0.15) is 12.1 Å². The summed E-state index contributed by atoms with van der Waals surface area (Å²) in [4.78, 5) is 30.9. The fourth-order valence-corrected chi connectivity index (χ4v) is 6.49. The zero-order chi connectivity index (χ0) is 25.4. The SMILES string of the molecule is CCS(=O)(=O)N1CCN(CCCCCN2C(=S)N(c3ccc4c(c3)COC4=O)C(=O)C2(C)C)CC1. The van der Waals surface area contributed by atoms with Crippen molar-refractivity contribution in [3.8, 4) is 0 Å². The predicted molar refractivity (Wildman–Crippen MR) is 138 cm³/mol. The number of hydrogen-bond donors (Lipinski definition) is 0. The second kappa shape index (κ2) is 10.1. The molecule has 35 heavy (non-hydrogen) atoms. The summed E-state index contributed by atoms with van der Waals surface area (Å²) in [6.45, 7) is 9.97. The lowest BCUT2D eigenvalue weighted by molar-refractivity contribution is -0.123. The highest BCUT2D eigenvalue weighted by molar-refractivity contribution is 7.89. The first-order valence-corrected chi connectivity index (χ1v) is 14.2. The van der Waals surface area contributed by atoms with E-state index in [2.05, 4.69) is 4.90 Å². The number of anilines is 1. The Morgan fingerprint density at radius 3 is 2.40 bits per heavy atom. The number of carbonyl (C=O) groups is 2. The monoisotopic (exact) mass is 522 g/mol. The van der Waals surface area contributed by atoms with Gasteiger partial charge in [-0.05, 0) is 70.6 Å². The molecule has 0 saturated carbocycles. The Hall–Kier alpha value is -2.08. The molecule has 9 nitrogen and oxygen atoms in total. The van der Waals surface area contributed by atoms with Gasteiger partial charge in [-0.2, -0.15) is 4.31 Å². The maximum atomic E-state index is 13.3. The molecule has 2 saturated heterocycles. The van der Waals surface area contributed by atoms with Crippen molar-refractivity contribution < 1.29 is 22.7 Å². The minimum absolute atomic E-state index is 0.0763. The molecule has 0 unspecified atom stereocenters. The highest BCUT2D eigenvalue weighted by Gasteiger charge is 2.49. The molecule has 0 radical (unpaired) electrons. The molecule has 3 heterocycles. The van der Waals surface area contributed by atoms with Crippen molar-refractivity contribution in [1.29, 1.82) is 0 Å². The lowest BCUT2D eigenvalue weighted by Gasteiger charge is -2.34. The summed E-state index contributed by atoms with van der Waals surface area (Å²) in [6.07, 6.45) is 2.91. The maximum Gasteiger partial charge on any atom is 0.338 e. The molecular weight excluding hydrogens is 488 g/mol. The Balaban J connectivity index is 1.27. The van der Waals surface area contributed by atoms with Gasteiger partial charge in [-0.3, -0.25) is 9.69 Å². The van der Waals surface area contributed by atoms with Gasteiger partial charge < -0.3 is 14.5 Å². The first-order valence-electron chi connectivity index (χ1n) is 12.2. The maximum absolute atomic E-state index is 13.3. The standard InChI is InChI=1S/C24H34N4O5S2/c1-4-35(31,32)26-14-12-25(13-15-26)10-6-5-7-11-27-23(34)28(22(30)24(27,2)3)19-8-9-20-18(16-19)17-33-21(20)29/h8-9,16H,4-7,10-15,17H2,1-3H3. The molecule has 2 fully saturated rings. The van der Waals surface area contributed by atoms with Gasteiger partial charge in [0.25, 0.3) is 5.91 Å². The zero-order valence-corrected chi connectivity index (χ0v) is 22.3. The highest BCUT2D eigenvalue weighted by Crippen LogP contribution is 2.34. The number of benzene rings is 1. The van der Waals surface area contributed by atoms with Crippen LogP contribution in [0, 0.1) is 0 Å². The van der Waals surface area contributed by atoms with E-state index in [1.54, 1.807) is 28.3 Å². The van der Waals surface area contributed by atoms with E-state index in [9.17, 15) is 18.0 Å². The molecule has 1 aromatic carbocycles. The summed E-state index contributed by atoms with van der Waals surface area (Å²) in [7, 11) is -3.10. The Morgan fingerprint density at radius 1 is 1.03 bits per heavy atom. The molecule has 1 amide bonds. The van der Waals surface area contributed by atoms with Crippen LogP contribution >= 0.6 is 12.2 Å². The smallest absolute Gasteiger partial charge is 0.338 e. The summed E-state index contributed by atoms with van der Waals surface area (Å²) in [5, 5.41) is 0.485. The molecule has 11 heteroatoms. The minimum Gasteiger partial charge on any atom is -0.457 e. The number of piperazine rings is 1. The van der Waals surface area contributed by atoms with Crippen molar-refractivity contribution in [3.63, 3.8) is 0 Å². The van der Waals surface area contributed by atoms with Crippen LogP contribution in [0.5, 0.6) is 0 Å². The van der Waals surface area contributed by atoms with Crippen LogP contribution in [0.15, 0.2) is 18.2 Å².